The standard InChI is InChI=1S/C13H17N3O3S2/c1-3-5-12-14-15-13(20-12)16-21(17,18)11-8-6-10(7-9-11)19-4-2/h6-9H,3-5H2,1-2H3,(H,15,16). The lowest BCUT2D eigenvalue weighted by Gasteiger charge is -2.06. The van der Waals surface area contributed by atoms with Gasteiger partial charge < -0.3 is 4.74 Å². The zero-order chi connectivity index (χ0) is 15.3. The van der Waals surface area contributed by atoms with E-state index in [1.165, 1.54) is 23.5 Å². The number of aryl methyl sites for hydroxylation is 1. The van der Waals surface area contributed by atoms with Gasteiger partial charge in [0, 0.05) is 6.42 Å². The first-order chi connectivity index (χ1) is 10.0. The van der Waals surface area contributed by atoms with Crippen molar-refractivity contribution in [2.24, 2.45) is 0 Å². The molecule has 1 aromatic heterocycles. The van der Waals surface area contributed by atoms with Crippen molar-refractivity contribution in [3.8, 4) is 5.75 Å². The molecule has 6 nitrogen and oxygen atoms in total. The van der Waals surface area contributed by atoms with E-state index in [1.54, 1.807) is 12.1 Å². The number of benzene rings is 1. The molecule has 2 aromatic rings. The minimum absolute atomic E-state index is 0.165. The maximum atomic E-state index is 12.2. The highest BCUT2D eigenvalue weighted by atomic mass is 32.2. The number of ether oxygens (including phenoxy) is 1. The maximum Gasteiger partial charge on any atom is 0.263 e. The van der Waals surface area contributed by atoms with Crippen molar-refractivity contribution in [2.45, 2.75) is 31.6 Å². The van der Waals surface area contributed by atoms with Crippen LogP contribution < -0.4 is 9.46 Å². The Bertz CT molecular complexity index is 681. The van der Waals surface area contributed by atoms with Gasteiger partial charge in [0.1, 0.15) is 10.8 Å². The fourth-order valence-electron chi connectivity index (χ4n) is 1.67. The van der Waals surface area contributed by atoms with Crippen molar-refractivity contribution in [1.82, 2.24) is 10.2 Å². The summed E-state index contributed by atoms with van der Waals surface area (Å²) in [5.74, 6) is 0.637. The van der Waals surface area contributed by atoms with Gasteiger partial charge in [-0.15, -0.1) is 10.2 Å². The molecular weight excluding hydrogens is 310 g/mol. The normalized spacial score (nSPS) is 11.3. The van der Waals surface area contributed by atoms with Crippen LogP contribution in [0.25, 0.3) is 0 Å². The molecular formula is C13H17N3O3S2. The van der Waals surface area contributed by atoms with E-state index in [0.29, 0.717) is 12.4 Å². The number of aromatic nitrogens is 2. The zero-order valence-corrected chi connectivity index (χ0v) is 13.5. The maximum absolute atomic E-state index is 12.2. The first kappa shape index (κ1) is 15.7. The third kappa shape index (κ3) is 4.15. The highest BCUT2D eigenvalue weighted by Gasteiger charge is 2.16. The quantitative estimate of drug-likeness (QED) is 0.845. The molecule has 0 radical (unpaired) electrons. The van der Waals surface area contributed by atoms with Gasteiger partial charge in [-0.25, -0.2) is 8.42 Å². The van der Waals surface area contributed by atoms with Crippen LogP contribution in [0, 0.1) is 0 Å². The number of hydrogen-bond acceptors (Lipinski definition) is 6. The molecule has 0 bridgehead atoms. The van der Waals surface area contributed by atoms with E-state index < -0.39 is 10.0 Å². The van der Waals surface area contributed by atoms with Crippen LogP contribution in [0.4, 0.5) is 5.13 Å². The number of sulfonamides is 1. The van der Waals surface area contributed by atoms with Crippen molar-refractivity contribution in [3.05, 3.63) is 29.3 Å². The molecule has 0 fully saturated rings. The van der Waals surface area contributed by atoms with Gasteiger partial charge in [0.25, 0.3) is 10.0 Å². The fourth-order valence-corrected chi connectivity index (χ4v) is 3.74. The van der Waals surface area contributed by atoms with Gasteiger partial charge in [0.05, 0.1) is 11.5 Å². The van der Waals surface area contributed by atoms with Gasteiger partial charge in [-0.2, -0.15) is 0 Å². The molecule has 0 saturated heterocycles. The third-order valence-electron chi connectivity index (χ3n) is 2.60. The molecule has 1 heterocycles. The fraction of sp³-hybridized carbons (Fsp3) is 0.385. The van der Waals surface area contributed by atoms with Gasteiger partial charge in [0.2, 0.25) is 5.13 Å². The van der Waals surface area contributed by atoms with Gasteiger partial charge in [-0.1, -0.05) is 18.3 Å². The van der Waals surface area contributed by atoms with Crippen molar-refractivity contribution in [1.29, 1.82) is 0 Å². The topological polar surface area (TPSA) is 81.2 Å². The van der Waals surface area contributed by atoms with Crippen LogP contribution in [0.15, 0.2) is 29.2 Å². The number of anilines is 1. The molecule has 0 saturated carbocycles. The highest BCUT2D eigenvalue weighted by molar-refractivity contribution is 7.93. The molecule has 0 amide bonds. The Labute approximate surface area is 128 Å². The summed E-state index contributed by atoms with van der Waals surface area (Å²) in [6.45, 7) is 4.44. The first-order valence-corrected chi connectivity index (χ1v) is 8.93. The first-order valence-electron chi connectivity index (χ1n) is 6.63. The zero-order valence-electron chi connectivity index (χ0n) is 11.9. The van der Waals surface area contributed by atoms with Crippen LogP contribution in [-0.4, -0.2) is 25.2 Å². The van der Waals surface area contributed by atoms with Crippen LogP contribution in [0.2, 0.25) is 0 Å². The molecule has 0 spiro atoms. The third-order valence-corrected chi connectivity index (χ3v) is 4.98. The summed E-state index contributed by atoms with van der Waals surface area (Å²) in [5.41, 5.74) is 0. The van der Waals surface area contributed by atoms with Gasteiger partial charge in [0.15, 0.2) is 0 Å². The Morgan fingerprint density at radius 3 is 2.52 bits per heavy atom. The summed E-state index contributed by atoms with van der Waals surface area (Å²) in [6, 6.07) is 6.25. The SMILES string of the molecule is CCCc1nnc(NS(=O)(=O)c2ccc(OCC)cc2)s1. The molecule has 1 aromatic carbocycles. The molecule has 0 atom stereocenters. The second-order valence-electron chi connectivity index (χ2n) is 4.26. The lowest BCUT2D eigenvalue weighted by molar-refractivity contribution is 0.340. The van der Waals surface area contributed by atoms with E-state index in [0.717, 1.165) is 17.8 Å². The summed E-state index contributed by atoms with van der Waals surface area (Å²) in [4.78, 5) is 0.165. The summed E-state index contributed by atoms with van der Waals surface area (Å²) in [6.07, 6.45) is 1.74. The largest absolute Gasteiger partial charge is 0.494 e. The van der Waals surface area contributed by atoms with Crippen molar-refractivity contribution in [2.75, 3.05) is 11.3 Å². The predicted molar refractivity (Wildman–Crippen MR) is 82.3 cm³/mol. The molecule has 0 aliphatic heterocycles. The second-order valence-corrected chi connectivity index (χ2v) is 7.01. The highest BCUT2D eigenvalue weighted by Crippen LogP contribution is 2.22. The number of rotatable bonds is 7. The minimum Gasteiger partial charge on any atom is -0.494 e. The van der Waals surface area contributed by atoms with E-state index in [9.17, 15) is 8.42 Å². The molecule has 114 valence electrons. The smallest absolute Gasteiger partial charge is 0.263 e. The Hall–Kier alpha value is -1.67. The molecule has 0 aliphatic carbocycles. The molecule has 0 unspecified atom stereocenters. The van der Waals surface area contributed by atoms with Crippen molar-refractivity contribution < 1.29 is 13.2 Å². The van der Waals surface area contributed by atoms with Crippen LogP contribution in [0.1, 0.15) is 25.3 Å². The van der Waals surface area contributed by atoms with Crippen molar-refractivity contribution in [3.63, 3.8) is 0 Å². The molecule has 0 aliphatic rings. The van der Waals surface area contributed by atoms with Crippen LogP contribution in [-0.2, 0) is 16.4 Å². The van der Waals surface area contributed by atoms with E-state index in [4.69, 9.17) is 4.74 Å². The van der Waals surface area contributed by atoms with Gasteiger partial charge >= 0.3 is 0 Å². The average Bonchev–Trinajstić information content (AvgIpc) is 2.87. The Morgan fingerprint density at radius 2 is 1.90 bits per heavy atom. The van der Waals surface area contributed by atoms with Crippen LogP contribution in [0.5, 0.6) is 5.75 Å². The number of nitrogens with one attached hydrogen (secondary N) is 1. The summed E-state index contributed by atoms with van der Waals surface area (Å²) < 4.78 is 32.2. The Balaban J connectivity index is 2.13. The van der Waals surface area contributed by atoms with Crippen molar-refractivity contribution >= 4 is 26.5 Å². The molecule has 1 N–H and O–H groups in total. The number of nitrogens with zero attached hydrogens (tertiary/aromatic N) is 2. The summed E-state index contributed by atoms with van der Waals surface area (Å²) in [7, 11) is -3.64. The minimum atomic E-state index is -3.64. The second kappa shape index (κ2) is 6.86. The average molecular weight is 327 g/mol. The monoisotopic (exact) mass is 327 g/mol. The predicted octanol–water partition coefficient (Wildman–Crippen LogP) is 2.69. The molecule has 8 heteroatoms. The van der Waals surface area contributed by atoms with E-state index >= 15 is 0 Å². The Morgan fingerprint density at radius 1 is 1.19 bits per heavy atom. The lowest BCUT2D eigenvalue weighted by Crippen LogP contribution is -2.12. The Kier molecular flexibility index (Phi) is 5.13. The lowest BCUT2D eigenvalue weighted by atomic mass is 10.3. The summed E-state index contributed by atoms with van der Waals surface area (Å²) >= 11 is 1.25. The molecule has 2 rings (SSSR count). The van der Waals surface area contributed by atoms with Crippen LogP contribution in [0.3, 0.4) is 0 Å². The number of hydrogen-bond donors (Lipinski definition) is 1. The van der Waals surface area contributed by atoms with Gasteiger partial charge in [-0.3, -0.25) is 4.72 Å². The van der Waals surface area contributed by atoms with E-state index in [1.807, 2.05) is 13.8 Å². The van der Waals surface area contributed by atoms with E-state index in [2.05, 4.69) is 14.9 Å². The molecule has 21 heavy (non-hydrogen) atoms. The van der Waals surface area contributed by atoms with Gasteiger partial charge in [-0.05, 0) is 37.6 Å². The van der Waals surface area contributed by atoms with E-state index in [-0.39, 0.29) is 10.0 Å². The summed E-state index contributed by atoms with van der Waals surface area (Å²) in [5, 5.41) is 8.90. The van der Waals surface area contributed by atoms with Crippen LogP contribution >= 0.6 is 11.3 Å².